The maximum atomic E-state index is 13.1. The maximum absolute atomic E-state index is 13.1. The molecule has 3 aliphatic rings. The molecule has 5 aromatic rings. The summed E-state index contributed by atoms with van der Waals surface area (Å²) in [6, 6.07) is 25.5. The number of nitrogens with one attached hydrogen (secondary N) is 2. The third kappa shape index (κ3) is 9.30. The number of hydrogen-bond acceptors (Lipinski definition) is 10. The highest BCUT2D eigenvalue weighted by molar-refractivity contribution is 6.05. The zero-order valence-corrected chi connectivity index (χ0v) is 34.8. The molecule has 14 heteroatoms. The molecule has 318 valence electrons. The van der Waals surface area contributed by atoms with Gasteiger partial charge in [-0.1, -0.05) is 79.9 Å². The Morgan fingerprint density at radius 3 is 2.46 bits per heavy atom. The normalized spacial score (nSPS) is 16.9. The molecule has 2 saturated heterocycles. The smallest absolute Gasteiger partial charge is 0.257 e. The Morgan fingerprint density at radius 2 is 1.66 bits per heavy atom. The number of aromatic nitrogens is 3. The van der Waals surface area contributed by atoms with Crippen molar-refractivity contribution in [2.45, 2.75) is 70.9 Å². The van der Waals surface area contributed by atoms with Crippen molar-refractivity contribution in [3.8, 4) is 28.1 Å². The van der Waals surface area contributed by atoms with Crippen molar-refractivity contribution >= 4 is 35.1 Å². The highest BCUT2D eigenvalue weighted by Gasteiger charge is 2.40. The Hall–Kier alpha value is -6.12. The molecule has 0 bridgehead atoms. The van der Waals surface area contributed by atoms with Gasteiger partial charge in [0.05, 0.1) is 24.5 Å². The number of β-amino-alcohol motifs (C(OH)–C–C–N with tert-alkyl or cyclic N) is 1. The minimum Gasteiger partial charge on any atom is -0.483 e. The summed E-state index contributed by atoms with van der Waals surface area (Å²) in [7, 11) is 0. The van der Waals surface area contributed by atoms with Gasteiger partial charge in [-0.15, -0.1) is 0 Å². The largest absolute Gasteiger partial charge is 0.483 e. The minimum atomic E-state index is -0.713. The molecule has 14 nitrogen and oxygen atoms in total. The molecule has 2 aromatic heterocycles. The highest BCUT2D eigenvalue weighted by atomic mass is 16.5. The van der Waals surface area contributed by atoms with Gasteiger partial charge in [-0.05, 0) is 55.9 Å². The molecule has 2 fully saturated rings. The van der Waals surface area contributed by atoms with Crippen LogP contribution in [0.1, 0.15) is 72.1 Å². The fourth-order valence-electron chi connectivity index (χ4n) is 8.81. The van der Waals surface area contributed by atoms with Crippen LogP contribution in [0.25, 0.3) is 28.0 Å². The number of hydrogen-bond donors (Lipinski definition) is 3. The summed E-state index contributed by atoms with van der Waals surface area (Å²) in [4.78, 5) is 61.3. The number of aryl methyl sites for hydroxylation is 2. The molecule has 1 unspecified atom stereocenters. The number of rotatable bonds is 17. The van der Waals surface area contributed by atoms with Crippen LogP contribution in [0, 0.1) is 6.92 Å². The van der Waals surface area contributed by atoms with Crippen LogP contribution in [0.5, 0.6) is 5.75 Å². The van der Waals surface area contributed by atoms with Crippen molar-refractivity contribution in [1.29, 1.82) is 0 Å². The van der Waals surface area contributed by atoms with Crippen molar-refractivity contribution in [1.82, 2.24) is 35.0 Å². The number of aliphatic hydroxyl groups is 1. The number of benzene rings is 3. The fourth-order valence-corrected chi connectivity index (χ4v) is 8.81. The highest BCUT2D eigenvalue weighted by Crippen LogP contribution is 2.36. The SMILES string of the molecule is Cc1nn2c(N3CCN(CCO)CC3)cc(-c3ccccc3)nc2c1-c1ccccc1CCCCCCCNC(=O)COc1cccc2c1CN(C1CCC(=O)NC1=O)C2=O. The van der Waals surface area contributed by atoms with Crippen LogP contribution < -0.4 is 20.3 Å². The first-order valence-corrected chi connectivity index (χ1v) is 21.6. The number of carbonyl (C=O) groups excluding carboxylic acids is 4. The van der Waals surface area contributed by atoms with E-state index in [1.807, 2.05) is 22.7 Å². The van der Waals surface area contributed by atoms with Gasteiger partial charge < -0.3 is 25.0 Å². The molecular formula is C47H54N8O6. The summed E-state index contributed by atoms with van der Waals surface area (Å²) in [5.74, 6) is 0.154. The van der Waals surface area contributed by atoms with Crippen molar-refractivity contribution < 1.29 is 29.0 Å². The minimum absolute atomic E-state index is 0.165. The third-order valence-corrected chi connectivity index (χ3v) is 12.1. The standard InChI is InChI=1S/C47H54N8O6/c1-32-44(45-49-38(34-15-7-5-8-16-34)29-43(55(45)51-32)53-25-23-52(24-26-53)27-28-56)35-17-10-9-14-33(35)13-6-3-2-4-11-22-48-42(58)31-61-40-19-12-18-36-37(40)30-54(47(36)60)39-20-21-41(57)50-46(39)59/h5,7-10,12,14-19,29,39,56H,2-4,6,11,13,20-28,30-31H2,1H3,(H,48,58)(H,50,57,59). The van der Waals surface area contributed by atoms with Gasteiger partial charge in [0.1, 0.15) is 17.6 Å². The van der Waals surface area contributed by atoms with Gasteiger partial charge in [-0.2, -0.15) is 9.61 Å². The number of ether oxygens (including phenoxy) is 1. The van der Waals surface area contributed by atoms with Crippen LogP contribution in [0.2, 0.25) is 0 Å². The molecule has 3 N–H and O–H groups in total. The van der Waals surface area contributed by atoms with Gasteiger partial charge in [0, 0.05) is 74.0 Å². The average Bonchev–Trinajstić information content (AvgIpc) is 3.79. The first-order chi connectivity index (χ1) is 29.8. The van der Waals surface area contributed by atoms with Crippen LogP contribution in [-0.2, 0) is 27.3 Å². The Kier molecular flexibility index (Phi) is 13.0. The van der Waals surface area contributed by atoms with Gasteiger partial charge in [-0.25, -0.2) is 4.98 Å². The van der Waals surface area contributed by atoms with E-state index >= 15 is 0 Å². The van der Waals surface area contributed by atoms with Crippen molar-refractivity contribution in [2.75, 3.05) is 57.4 Å². The zero-order chi connectivity index (χ0) is 42.3. The van der Waals surface area contributed by atoms with E-state index in [9.17, 15) is 24.3 Å². The Bertz CT molecular complexity index is 2390. The van der Waals surface area contributed by atoms with E-state index in [1.54, 1.807) is 18.2 Å². The molecule has 1 atom stereocenters. The molecule has 0 radical (unpaired) electrons. The number of imide groups is 1. The van der Waals surface area contributed by atoms with Crippen molar-refractivity contribution in [3.63, 3.8) is 0 Å². The second-order valence-corrected chi connectivity index (χ2v) is 16.1. The summed E-state index contributed by atoms with van der Waals surface area (Å²) < 4.78 is 7.89. The van der Waals surface area contributed by atoms with E-state index in [0.717, 1.165) is 104 Å². The van der Waals surface area contributed by atoms with Gasteiger partial charge >= 0.3 is 0 Å². The average molecular weight is 827 g/mol. The Balaban J connectivity index is 0.830. The first-order valence-electron chi connectivity index (χ1n) is 21.6. The van der Waals surface area contributed by atoms with E-state index in [4.69, 9.17) is 14.8 Å². The van der Waals surface area contributed by atoms with Gasteiger partial charge in [0.15, 0.2) is 12.3 Å². The predicted octanol–water partition coefficient (Wildman–Crippen LogP) is 4.94. The number of aliphatic hydroxyl groups excluding tert-OH is 1. The summed E-state index contributed by atoms with van der Waals surface area (Å²) in [5, 5.41) is 19.9. The van der Waals surface area contributed by atoms with E-state index in [1.165, 1.54) is 10.5 Å². The van der Waals surface area contributed by atoms with E-state index < -0.39 is 11.9 Å². The van der Waals surface area contributed by atoms with Crippen LogP contribution in [-0.4, -0.2) is 112 Å². The fraction of sp³-hybridized carbons (Fsp3) is 0.404. The van der Waals surface area contributed by atoms with Gasteiger partial charge in [0.25, 0.3) is 11.8 Å². The number of anilines is 1. The number of piperidine rings is 1. The lowest BCUT2D eigenvalue weighted by Gasteiger charge is -2.35. The van der Waals surface area contributed by atoms with E-state index in [-0.39, 0.29) is 50.3 Å². The molecule has 3 aromatic carbocycles. The number of unbranched alkanes of at least 4 members (excludes halogenated alkanes) is 4. The second kappa shape index (κ2) is 19.1. The lowest BCUT2D eigenvalue weighted by Crippen LogP contribution is -2.52. The topological polar surface area (TPSA) is 162 Å². The third-order valence-electron chi connectivity index (χ3n) is 12.1. The van der Waals surface area contributed by atoms with E-state index in [2.05, 4.69) is 69.8 Å². The zero-order valence-electron chi connectivity index (χ0n) is 34.8. The second-order valence-electron chi connectivity index (χ2n) is 16.1. The van der Waals surface area contributed by atoms with Gasteiger partial charge in [0.2, 0.25) is 11.8 Å². The molecule has 0 saturated carbocycles. The Labute approximate surface area is 355 Å². The molecule has 3 aliphatic heterocycles. The van der Waals surface area contributed by atoms with Crippen LogP contribution >= 0.6 is 0 Å². The van der Waals surface area contributed by atoms with Crippen LogP contribution in [0.4, 0.5) is 5.82 Å². The maximum Gasteiger partial charge on any atom is 0.257 e. The lowest BCUT2D eigenvalue weighted by molar-refractivity contribution is -0.137. The molecule has 0 spiro atoms. The summed E-state index contributed by atoms with van der Waals surface area (Å²) in [5.41, 5.74) is 8.36. The van der Waals surface area contributed by atoms with Crippen molar-refractivity contribution in [3.05, 3.63) is 101 Å². The number of amides is 4. The Morgan fingerprint density at radius 1 is 0.902 bits per heavy atom. The van der Waals surface area contributed by atoms with Gasteiger partial charge in [-0.3, -0.25) is 29.4 Å². The summed E-state index contributed by atoms with van der Waals surface area (Å²) in [6.45, 7) is 6.92. The molecule has 4 amide bonds. The van der Waals surface area contributed by atoms with Crippen LogP contribution in [0.15, 0.2) is 78.9 Å². The van der Waals surface area contributed by atoms with E-state index in [0.29, 0.717) is 30.0 Å². The number of nitrogens with zero attached hydrogens (tertiary/aromatic N) is 6. The molecule has 8 rings (SSSR count). The number of fused-ring (bicyclic) bond motifs is 2. The summed E-state index contributed by atoms with van der Waals surface area (Å²) in [6.07, 6.45) is 6.39. The lowest BCUT2D eigenvalue weighted by atomic mass is 9.95. The predicted molar refractivity (Wildman–Crippen MR) is 232 cm³/mol. The molecule has 5 heterocycles. The molecule has 0 aliphatic carbocycles. The first kappa shape index (κ1) is 41.6. The van der Waals surface area contributed by atoms with Crippen LogP contribution in [0.3, 0.4) is 0 Å². The molecule has 61 heavy (non-hydrogen) atoms. The monoisotopic (exact) mass is 826 g/mol. The number of piperazine rings is 1. The number of carbonyl (C=O) groups is 4. The molecular weight excluding hydrogens is 773 g/mol. The summed E-state index contributed by atoms with van der Waals surface area (Å²) >= 11 is 0. The van der Waals surface area contributed by atoms with Crippen molar-refractivity contribution in [2.24, 2.45) is 0 Å². The quantitative estimate of drug-likeness (QED) is 0.0866.